The summed E-state index contributed by atoms with van der Waals surface area (Å²) >= 11 is 0. The fourth-order valence-corrected chi connectivity index (χ4v) is 2.71. The highest BCUT2D eigenvalue weighted by Gasteiger charge is 2.24. The Morgan fingerprint density at radius 1 is 1.37 bits per heavy atom. The highest BCUT2D eigenvalue weighted by atomic mass is 16.5. The van der Waals surface area contributed by atoms with Gasteiger partial charge in [-0.1, -0.05) is 32.0 Å². The average Bonchev–Trinajstić information content (AvgIpc) is 2.88. The van der Waals surface area contributed by atoms with Crippen molar-refractivity contribution in [3.63, 3.8) is 0 Å². The lowest BCUT2D eigenvalue weighted by atomic mass is 9.95. The van der Waals surface area contributed by atoms with Crippen molar-refractivity contribution in [2.45, 2.75) is 26.8 Å². The van der Waals surface area contributed by atoms with E-state index in [1.807, 2.05) is 24.3 Å². The van der Waals surface area contributed by atoms with Gasteiger partial charge in [-0.3, -0.25) is 4.90 Å². The summed E-state index contributed by atoms with van der Waals surface area (Å²) in [6, 6.07) is 8.03. The van der Waals surface area contributed by atoms with Crippen LogP contribution in [0, 0.1) is 11.8 Å². The zero-order chi connectivity index (χ0) is 13.7. The summed E-state index contributed by atoms with van der Waals surface area (Å²) in [4.78, 5) is 2.51. The van der Waals surface area contributed by atoms with Crippen molar-refractivity contribution in [1.29, 1.82) is 0 Å². The Labute approximate surface area is 116 Å². The number of rotatable bonds is 6. The van der Waals surface area contributed by atoms with Crippen LogP contribution < -0.4 is 10.5 Å². The first kappa shape index (κ1) is 14.4. The topological polar surface area (TPSA) is 38.5 Å². The molecule has 0 radical (unpaired) electrons. The van der Waals surface area contributed by atoms with E-state index in [9.17, 15) is 0 Å². The third-order valence-electron chi connectivity index (χ3n) is 4.11. The van der Waals surface area contributed by atoms with Crippen LogP contribution in [-0.4, -0.2) is 31.1 Å². The molecule has 2 N–H and O–H groups in total. The Morgan fingerprint density at radius 3 is 2.84 bits per heavy atom. The van der Waals surface area contributed by atoms with E-state index >= 15 is 0 Å². The first-order valence-electron chi connectivity index (χ1n) is 7.34. The van der Waals surface area contributed by atoms with E-state index in [2.05, 4.69) is 18.7 Å². The number of likely N-dealkylation sites (tertiary alicyclic amines) is 1. The van der Waals surface area contributed by atoms with Gasteiger partial charge in [-0.25, -0.2) is 0 Å². The Balaban J connectivity index is 1.75. The maximum atomic E-state index is 5.86. The first-order chi connectivity index (χ1) is 9.20. The Kier molecular flexibility index (Phi) is 5.23. The van der Waals surface area contributed by atoms with Crippen LogP contribution in [0.4, 0.5) is 0 Å². The molecule has 1 unspecified atom stereocenters. The molecule has 0 saturated carbocycles. The van der Waals surface area contributed by atoms with Crippen molar-refractivity contribution in [3.8, 4) is 5.75 Å². The van der Waals surface area contributed by atoms with E-state index in [1.165, 1.54) is 19.5 Å². The summed E-state index contributed by atoms with van der Waals surface area (Å²) in [6.45, 7) is 9.38. The van der Waals surface area contributed by atoms with Crippen LogP contribution in [0.15, 0.2) is 24.3 Å². The number of hydrogen-bond donors (Lipinski definition) is 1. The largest absolute Gasteiger partial charge is 0.492 e. The number of para-hydroxylation sites is 1. The summed E-state index contributed by atoms with van der Waals surface area (Å²) in [6.07, 6.45) is 1.33. The molecule has 0 bridgehead atoms. The molecule has 19 heavy (non-hydrogen) atoms. The van der Waals surface area contributed by atoms with E-state index in [0.29, 0.717) is 6.54 Å². The van der Waals surface area contributed by atoms with Crippen LogP contribution >= 0.6 is 0 Å². The van der Waals surface area contributed by atoms with Gasteiger partial charge in [-0.05, 0) is 30.9 Å². The molecule has 1 aromatic rings. The Morgan fingerprint density at radius 2 is 2.16 bits per heavy atom. The second-order valence-corrected chi connectivity index (χ2v) is 5.75. The Hall–Kier alpha value is -1.06. The van der Waals surface area contributed by atoms with Gasteiger partial charge in [-0.15, -0.1) is 0 Å². The number of ether oxygens (including phenoxy) is 1. The molecule has 1 aliphatic rings. The van der Waals surface area contributed by atoms with Gasteiger partial charge in [0.25, 0.3) is 0 Å². The van der Waals surface area contributed by atoms with Gasteiger partial charge in [0.2, 0.25) is 0 Å². The lowest BCUT2D eigenvalue weighted by Crippen LogP contribution is -2.27. The monoisotopic (exact) mass is 262 g/mol. The zero-order valence-corrected chi connectivity index (χ0v) is 12.1. The van der Waals surface area contributed by atoms with Gasteiger partial charge in [0, 0.05) is 25.2 Å². The number of nitrogens with zero attached hydrogens (tertiary/aromatic N) is 1. The molecule has 1 atom stereocenters. The molecule has 0 amide bonds. The molecule has 2 rings (SSSR count). The molecule has 106 valence electrons. The van der Waals surface area contributed by atoms with Gasteiger partial charge >= 0.3 is 0 Å². The van der Waals surface area contributed by atoms with Crippen LogP contribution in [-0.2, 0) is 6.54 Å². The SMILES string of the molecule is CC(C)C1CCN(CCOc2ccccc2CN)C1. The minimum absolute atomic E-state index is 0.537. The fraction of sp³-hybridized carbons (Fsp3) is 0.625. The fourth-order valence-electron chi connectivity index (χ4n) is 2.71. The van der Waals surface area contributed by atoms with Gasteiger partial charge in [0.1, 0.15) is 12.4 Å². The van der Waals surface area contributed by atoms with Gasteiger partial charge < -0.3 is 10.5 Å². The molecule has 3 nitrogen and oxygen atoms in total. The summed E-state index contributed by atoms with van der Waals surface area (Å²) in [5.41, 5.74) is 6.79. The molecule has 1 aliphatic heterocycles. The van der Waals surface area contributed by atoms with E-state index in [-0.39, 0.29) is 0 Å². The van der Waals surface area contributed by atoms with Crippen LogP contribution in [0.1, 0.15) is 25.8 Å². The lowest BCUT2D eigenvalue weighted by molar-refractivity contribution is 0.226. The molecule has 1 aromatic carbocycles. The van der Waals surface area contributed by atoms with Crippen molar-refractivity contribution in [1.82, 2.24) is 4.90 Å². The molecule has 0 spiro atoms. The van der Waals surface area contributed by atoms with Crippen LogP contribution in [0.5, 0.6) is 5.75 Å². The molecule has 1 fully saturated rings. The number of benzene rings is 1. The summed E-state index contributed by atoms with van der Waals surface area (Å²) in [7, 11) is 0. The van der Waals surface area contributed by atoms with Crippen LogP contribution in [0.25, 0.3) is 0 Å². The standard InChI is InChI=1S/C16H26N2O/c1-13(2)15-7-8-18(12-15)9-10-19-16-6-4-3-5-14(16)11-17/h3-6,13,15H,7-12,17H2,1-2H3. The minimum Gasteiger partial charge on any atom is -0.492 e. The highest BCUT2D eigenvalue weighted by molar-refractivity contribution is 5.32. The molecule has 3 heteroatoms. The maximum absolute atomic E-state index is 5.86. The third kappa shape index (κ3) is 3.95. The predicted molar refractivity (Wildman–Crippen MR) is 79.2 cm³/mol. The number of nitrogens with two attached hydrogens (primary N) is 1. The summed E-state index contributed by atoms with van der Waals surface area (Å²) < 4.78 is 5.86. The van der Waals surface area contributed by atoms with Crippen LogP contribution in [0.3, 0.4) is 0 Å². The average molecular weight is 262 g/mol. The normalized spacial score (nSPS) is 20.1. The highest BCUT2D eigenvalue weighted by Crippen LogP contribution is 2.23. The second-order valence-electron chi connectivity index (χ2n) is 5.75. The van der Waals surface area contributed by atoms with Gasteiger partial charge in [-0.2, -0.15) is 0 Å². The quantitative estimate of drug-likeness (QED) is 0.856. The van der Waals surface area contributed by atoms with E-state index in [0.717, 1.165) is 36.3 Å². The van der Waals surface area contributed by atoms with Crippen molar-refractivity contribution < 1.29 is 4.74 Å². The minimum atomic E-state index is 0.537. The van der Waals surface area contributed by atoms with Gasteiger partial charge in [0.05, 0.1) is 0 Å². The van der Waals surface area contributed by atoms with Crippen molar-refractivity contribution >= 4 is 0 Å². The first-order valence-corrected chi connectivity index (χ1v) is 7.34. The number of hydrogen-bond acceptors (Lipinski definition) is 3. The summed E-state index contributed by atoms with van der Waals surface area (Å²) in [5.74, 6) is 2.59. The van der Waals surface area contributed by atoms with Crippen molar-refractivity contribution in [3.05, 3.63) is 29.8 Å². The third-order valence-corrected chi connectivity index (χ3v) is 4.11. The van der Waals surface area contributed by atoms with Crippen LogP contribution in [0.2, 0.25) is 0 Å². The maximum Gasteiger partial charge on any atom is 0.123 e. The molecular weight excluding hydrogens is 236 g/mol. The molecule has 1 heterocycles. The van der Waals surface area contributed by atoms with E-state index in [4.69, 9.17) is 10.5 Å². The molecule has 0 aliphatic carbocycles. The van der Waals surface area contributed by atoms with Crippen molar-refractivity contribution in [2.75, 3.05) is 26.2 Å². The second kappa shape index (κ2) is 6.92. The van der Waals surface area contributed by atoms with E-state index < -0.39 is 0 Å². The molecule has 0 aromatic heterocycles. The molecule has 1 saturated heterocycles. The zero-order valence-electron chi connectivity index (χ0n) is 12.1. The lowest BCUT2D eigenvalue weighted by Gasteiger charge is -2.18. The van der Waals surface area contributed by atoms with E-state index in [1.54, 1.807) is 0 Å². The molecular formula is C16H26N2O. The smallest absolute Gasteiger partial charge is 0.123 e. The van der Waals surface area contributed by atoms with Crippen molar-refractivity contribution in [2.24, 2.45) is 17.6 Å². The van der Waals surface area contributed by atoms with Gasteiger partial charge in [0.15, 0.2) is 0 Å². The Bertz CT molecular complexity index is 392. The predicted octanol–water partition coefficient (Wildman–Crippen LogP) is 2.50. The summed E-state index contributed by atoms with van der Waals surface area (Å²) in [5, 5.41) is 0.